The standard InChI is InChI=1S/C17H29ClN4O2S/c1-5-19-17(20-12-9-13-22(4)25(23,24)6-2)21(3)14-15-10-7-8-11-16(15)18/h7-8,10-11H,5-6,9,12-14H2,1-4H3,(H,19,20). The number of guanidine groups is 1. The van der Waals surface area contributed by atoms with Crippen molar-refractivity contribution in [2.24, 2.45) is 4.99 Å². The van der Waals surface area contributed by atoms with Crippen molar-refractivity contribution in [2.45, 2.75) is 26.8 Å². The fraction of sp³-hybridized carbons (Fsp3) is 0.588. The average molecular weight is 389 g/mol. The quantitative estimate of drug-likeness (QED) is 0.401. The van der Waals surface area contributed by atoms with E-state index in [9.17, 15) is 8.42 Å². The van der Waals surface area contributed by atoms with E-state index in [1.54, 1.807) is 14.0 Å². The highest BCUT2D eigenvalue weighted by Gasteiger charge is 2.14. The van der Waals surface area contributed by atoms with Crippen LogP contribution in [0.1, 0.15) is 25.8 Å². The Bertz CT molecular complexity index is 664. The van der Waals surface area contributed by atoms with Gasteiger partial charge in [0, 0.05) is 45.3 Å². The number of hydrogen-bond acceptors (Lipinski definition) is 3. The fourth-order valence-corrected chi connectivity index (χ4v) is 3.31. The highest BCUT2D eigenvalue weighted by Crippen LogP contribution is 2.16. The summed E-state index contributed by atoms with van der Waals surface area (Å²) in [5.74, 6) is 0.902. The Morgan fingerprint density at radius 1 is 1.24 bits per heavy atom. The minimum Gasteiger partial charge on any atom is -0.357 e. The first-order valence-corrected chi connectivity index (χ1v) is 10.5. The molecule has 1 rings (SSSR count). The molecule has 1 aromatic carbocycles. The van der Waals surface area contributed by atoms with Crippen LogP contribution in [0.5, 0.6) is 0 Å². The molecule has 0 bridgehead atoms. The SMILES string of the molecule is CCNC(=NCCCN(C)S(=O)(=O)CC)N(C)Cc1ccccc1Cl. The van der Waals surface area contributed by atoms with Crippen molar-refractivity contribution in [3.05, 3.63) is 34.9 Å². The molecule has 0 spiro atoms. The van der Waals surface area contributed by atoms with E-state index in [0.29, 0.717) is 26.1 Å². The molecule has 6 nitrogen and oxygen atoms in total. The van der Waals surface area contributed by atoms with E-state index >= 15 is 0 Å². The number of nitrogens with zero attached hydrogens (tertiary/aromatic N) is 3. The lowest BCUT2D eigenvalue weighted by atomic mass is 10.2. The maximum absolute atomic E-state index is 11.7. The third kappa shape index (κ3) is 7.22. The van der Waals surface area contributed by atoms with Crippen molar-refractivity contribution in [1.82, 2.24) is 14.5 Å². The lowest BCUT2D eigenvalue weighted by Gasteiger charge is -2.23. The third-order valence-electron chi connectivity index (χ3n) is 3.79. The molecule has 0 saturated carbocycles. The van der Waals surface area contributed by atoms with Crippen LogP contribution in [-0.2, 0) is 16.6 Å². The van der Waals surface area contributed by atoms with Gasteiger partial charge in [-0.2, -0.15) is 0 Å². The monoisotopic (exact) mass is 388 g/mol. The van der Waals surface area contributed by atoms with Gasteiger partial charge in [-0.15, -0.1) is 0 Å². The van der Waals surface area contributed by atoms with E-state index in [1.165, 1.54) is 4.31 Å². The zero-order valence-corrected chi connectivity index (χ0v) is 17.1. The van der Waals surface area contributed by atoms with Gasteiger partial charge in [0.25, 0.3) is 0 Å². The van der Waals surface area contributed by atoms with Crippen LogP contribution in [0.2, 0.25) is 5.02 Å². The average Bonchev–Trinajstić information content (AvgIpc) is 2.59. The molecule has 0 aliphatic carbocycles. The van der Waals surface area contributed by atoms with Crippen molar-refractivity contribution in [2.75, 3.05) is 39.5 Å². The van der Waals surface area contributed by atoms with Gasteiger partial charge in [-0.05, 0) is 31.9 Å². The molecule has 1 aromatic rings. The summed E-state index contributed by atoms with van der Waals surface area (Å²) in [4.78, 5) is 6.60. The highest BCUT2D eigenvalue weighted by molar-refractivity contribution is 7.89. The van der Waals surface area contributed by atoms with Crippen molar-refractivity contribution < 1.29 is 8.42 Å². The molecule has 1 N–H and O–H groups in total. The molecule has 0 unspecified atom stereocenters. The number of sulfonamides is 1. The Morgan fingerprint density at radius 3 is 2.52 bits per heavy atom. The summed E-state index contributed by atoms with van der Waals surface area (Å²) >= 11 is 6.22. The molecule has 0 radical (unpaired) electrons. The van der Waals surface area contributed by atoms with E-state index in [2.05, 4.69) is 10.3 Å². The Labute approximate surface area is 156 Å². The minimum atomic E-state index is -3.13. The largest absolute Gasteiger partial charge is 0.357 e. The molecule has 25 heavy (non-hydrogen) atoms. The molecule has 0 heterocycles. The van der Waals surface area contributed by atoms with Gasteiger partial charge in [0.2, 0.25) is 10.0 Å². The first-order chi connectivity index (χ1) is 11.8. The van der Waals surface area contributed by atoms with Crippen molar-refractivity contribution >= 4 is 27.6 Å². The topological polar surface area (TPSA) is 65.0 Å². The summed E-state index contributed by atoms with van der Waals surface area (Å²) in [6.45, 7) is 6.09. The van der Waals surface area contributed by atoms with Crippen LogP contribution in [0.3, 0.4) is 0 Å². The number of nitrogens with one attached hydrogen (secondary N) is 1. The first-order valence-electron chi connectivity index (χ1n) is 8.48. The van der Waals surface area contributed by atoms with E-state index < -0.39 is 10.0 Å². The molecular formula is C17H29ClN4O2S. The van der Waals surface area contributed by atoms with E-state index in [1.807, 2.05) is 43.1 Å². The minimum absolute atomic E-state index is 0.121. The van der Waals surface area contributed by atoms with Crippen molar-refractivity contribution in [3.8, 4) is 0 Å². The maximum atomic E-state index is 11.7. The Hall–Kier alpha value is -1.31. The fourth-order valence-electron chi connectivity index (χ4n) is 2.26. The van der Waals surface area contributed by atoms with Gasteiger partial charge < -0.3 is 10.2 Å². The number of hydrogen-bond donors (Lipinski definition) is 1. The molecule has 0 atom stereocenters. The van der Waals surface area contributed by atoms with Gasteiger partial charge >= 0.3 is 0 Å². The van der Waals surface area contributed by atoms with E-state index in [4.69, 9.17) is 11.6 Å². The molecule has 0 saturated heterocycles. The van der Waals surface area contributed by atoms with E-state index in [-0.39, 0.29) is 5.75 Å². The number of benzene rings is 1. The first kappa shape index (κ1) is 21.7. The summed E-state index contributed by atoms with van der Waals surface area (Å²) in [5, 5.41) is 3.99. The Balaban J connectivity index is 2.63. The van der Waals surface area contributed by atoms with Crippen LogP contribution in [0.25, 0.3) is 0 Å². The smallest absolute Gasteiger partial charge is 0.213 e. The Kier molecular flexibility index (Phi) is 9.24. The van der Waals surface area contributed by atoms with Gasteiger partial charge in [0.1, 0.15) is 0 Å². The van der Waals surface area contributed by atoms with E-state index in [0.717, 1.165) is 23.1 Å². The van der Waals surface area contributed by atoms with Crippen LogP contribution in [-0.4, -0.2) is 63.1 Å². The predicted octanol–water partition coefficient (Wildman–Crippen LogP) is 2.41. The molecule has 142 valence electrons. The van der Waals surface area contributed by atoms with Crippen LogP contribution < -0.4 is 5.32 Å². The summed E-state index contributed by atoms with van der Waals surface area (Å²) in [7, 11) is 0.438. The normalized spacial score (nSPS) is 12.5. The summed E-state index contributed by atoms with van der Waals surface area (Å²) in [5.41, 5.74) is 1.03. The summed E-state index contributed by atoms with van der Waals surface area (Å²) < 4.78 is 24.9. The summed E-state index contributed by atoms with van der Waals surface area (Å²) in [6.07, 6.45) is 0.671. The van der Waals surface area contributed by atoms with Gasteiger partial charge in [-0.1, -0.05) is 29.8 Å². The molecular weight excluding hydrogens is 360 g/mol. The van der Waals surface area contributed by atoms with Crippen LogP contribution in [0.15, 0.2) is 29.3 Å². The van der Waals surface area contributed by atoms with Crippen molar-refractivity contribution in [3.63, 3.8) is 0 Å². The number of aliphatic imine (C=N–C) groups is 1. The van der Waals surface area contributed by atoms with Gasteiger partial charge in [-0.25, -0.2) is 12.7 Å². The molecule has 0 fully saturated rings. The number of halogens is 1. The van der Waals surface area contributed by atoms with Gasteiger partial charge in [0.15, 0.2) is 5.96 Å². The number of rotatable bonds is 9. The highest BCUT2D eigenvalue weighted by atomic mass is 35.5. The second-order valence-corrected chi connectivity index (χ2v) is 8.53. The second kappa shape index (κ2) is 10.6. The molecule has 0 aromatic heterocycles. The molecule has 0 amide bonds. The lowest BCUT2D eigenvalue weighted by molar-refractivity contribution is 0.459. The Morgan fingerprint density at radius 2 is 1.92 bits per heavy atom. The van der Waals surface area contributed by atoms with Crippen LogP contribution >= 0.6 is 11.6 Å². The zero-order valence-electron chi connectivity index (χ0n) is 15.5. The maximum Gasteiger partial charge on any atom is 0.213 e. The predicted molar refractivity (Wildman–Crippen MR) is 106 cm³/mol. The van der Waals surface area contributed by atoms with Crippen LogP contribution in [0, 0.1) is 0 Å². The van der Waals surface area contributed by atoms with Gasteiger partial charge in [0.05, 0.1) is 5.75 Å². The molecule has 0 aliphatic heterocycles. The van der Waals surface area contributed by atoms with Crippen LogP contribution in [0.4, 0.5) is 0 Å². The lowest BCUT2D eigenvalue weighted by Crippen LogP contribution is -2.38. The molecule has 8 heteroatoms. The van der Waals surface area contributed by atoms with Gasteiger partial charge in [-0.3, -0.25) is 4.99 Å². The summed E-state index contributed by atoms with van der Waals surface area (Å²) in [6, 6.07) is 7.74. The van der Waals surface area contributed by atoms with Crippen molar-refractivity contribution in [1.29, 1.82) is 0 Å². The zero-order chi connectivity index (χ0) is 18.9. The third-order valence-corrected chi connectivity index (χ3v) is 6.02. The second-order valence-electron chi connectivity index (χ2n) is 5.76. The molecule has 0 aliphatic rings.